The average Bonchev–Trinajstić information content (AvgIpc) is 2.36. The molecule has 0 aromatic heterocycles. The van der Waals surface area contributed by atoms with Crippen molar-refractivity contribution in [1.29, 1.82) is 0 Å². The van der Waals surface area contributed by atoms with Gasteiger partial charge >= 0.3 is 0 Å². The molecule has 1 unspecified atom stereocenters. The molecule has 0 saturated carbocycles. The monoisotopic (exact) mass is 313 g/mol. The summed E-state index contributed by atoms with van der Waals surface area (Å²) in [5, 5.41) is 3.62. The molecule has 0 amide bonds. The van der Waals surface area contributed by atoms with Crippen LogP contribution in [0.25, 0.3) is 0 Å². The third kappa shape index (κ3) is 4.62. The zero-order valence-electron chi connectivity index (χ0n) is 11.8. The summed E-state index contributed by atoms with van der Waals surface area (Å²) in [4.78, 5) is 0. The second kappa shape index (κ2) is 7.80. The molecule has 1 aromatic rings. The van der Waals surface area contributed by atoms with Crippen LogP contribution in [0.4, 0.5) is 0 Å². The Labute approximate surface area is 119 Å². The number of halogens is 1. The molecule has 18 heavy (non-hydrogen) atoms. The predicted octanol–water partition coefficient (Wildman–Crippen LogP) is 4.02. The highest BCUT2D eigenvalue weighted by Gasteiger charge is 2.15. The molecule has 1 rings (SSSR count). The van der Waals surface area contributed by atoms with E-state index in [1.165, 1.54) is 12.0 Å². The fourth-order valence-electron chi connectivity index (χ4n) is 1.94. The molecule has 0 saturated heterocycles. The van der Waals surface area contributed by atoms with Gasteiger partial charge < -0.3 is 10.1 Å². The van der Waals surface area contributed by atoms with Gasteiger partial charge in [0, 0.05) is 10.5 Å². The normalized spacial score (nSPS) is 12.8. The summed E-state index contributed by atoms with van der Waals surface area (Å²) in [5.74, 6) is 1.54. The molecule has 2 nitrogen and oxygen atoms in total. The first kappa shape index (κ1) is 15.5. The minimum absolute atomic E-state index is 0.508. The van der Waals surface area contributed by atoms with E-state index >= 15 is 0 Å². The Balaban J connectivity index is 2.78. The molecule has 1 atom stereocenters. The summed E-state index contributed by atoms with van der Waals surface area (Å²) in [6.45, 7) is 7.80. The van der Waals surface area contributed by atoms with Crippen LogP contribution in [0.15, 0.2) is 22.7 Å². The molecule has 0 radical (unpaired) electrons. The lowest BCUT2D eigenvalue weighted by atomic mass is 9.96. The van der Waals surface area contributed by atoms with E-state index in [0.717, 1.165) is 23.2 Å². The van der Waals surface area contributed by atoms with Crippen LogP contribution < -0.4 is 10.1 Å². The maximum atomic E-state index is 5.29. The summed E-state index contributed by atoms with van der Waals surface area (Å²) in [7, 11) is 1.71. The van der Waals surface area contributed by atoms with Crippen molar-refractivity contribution in [2.24, 2.45) is 5.92 Å². The number of hydrogen-bond acceptors (Lipinski definition) is 2. The Morgan fingerprint density at radius 3 is 2.61 bits per heavy atom. The Kier molecular flexibility index (Phi) is 6.72. The van der Waals surface area contributed by atoms with Crippen molar-refractivity contribution < 1.29 is 4.74 Å². The van der Waals surface area contributed by atoms with Crippen LogP contribution in [0.2, 0.25) is 0 Å². The average molecular weight is 314 g/mol. The van der Waals surface area contributed by atoms with Crippen molar-refractivity contribution in [3.05, 3.63) is 28.2 Å². The predicted molar refractivity (Wildman–Crippen MR) is 81.3 cm³/mol. The van der Waals surface area contributed by atoms with Gasteiger partial charge in [-0.15, -0.1) is 0 Å². The highest BCUT2D eigenvalue weighted by Crippen LogP contribution is 2.24. The number of rotatable bonds is 7. The van der Waals surface area contributed by atoms with Crippen molar-refractivity contribution in [2.75, 3.05) is 13.7 Å². The molecular formula is C15H24BrNO. The maximum absolute atomic E-state index is 5.29. The van der Waals surface area contributed by atoms with E-state index in [1.54, 1.807) is 7.11 Å². The molecule has 0 aliphatic rings. The van der Waals surface area contributed by atoms with Gasteiger partial charge in [0.15, 0.2) is 0 Å². The standard InChI is InChI=1S/C15H24BrNO/c1-5-8-17-15(11(2)3)10-12-9-13(18-4)6-7-14(12)16/h6-7,9,11,15,17H,5,8,10H2,1-4H3. The highest BCUT2D eigenvalue weighted by molar-refractivity contribution is 9.10. The highest BCUT2D eigenvalue weighted by atomic mass is 79.9. The van der Waals surface area contributed by atoms with Gasteiger partial charge in [0.1, 0.15) is 5.75 Å². The van der Waals surface area contributed by atoms with Crippen molar-refractivity contribution in [2.45, 2.75) is 39.7 Å². The zero-order valence-corrected chi connectivity index (χ0v) is 13.4. The van der Waals surface area contributed by atoms with Gasteiger partial charge in [0.05, 0.1) is 7.11 Å². The number of benzene rings is 1. The van der Waals surface area contributed by atoms with E-state index in [4.69, 9.17) is 4.74 Å². The number of nitrogens with one attached hydrogen (secondary N) is 1. The zero-order chi connectivity index (χ0) is 13.5. The van der Waals surface area contributed by atoms with Crippen LogP contribution in [0.5, 0.6) is 5.75 Å². The first-order valence-electron chi connectivity index (χ1n) is 6.64. The van der Waals surface area contributed by atoms with E-state index in [9.17, 15) is 0 Å². The van der Waals surface area contributed by atoms with Crippen molar-refractivity contribution in [3.63, 3.8) is 0 Å². The fraction of sp³-hybridized carbons (Fsp3) is 0.600. The van der Waals surface area contributed by atoms with E-state index in [-0.39, 0.29) is 0 Å². The molecule has 0 aliphatic heterocycles. The molecule has 0 aliphatic carbocycles. The molecule has 0 spiro atoms. The first-order chi connectivity index (χ1) is 8.58. The van der Waals surface area contributed by atoms with Crippen LogP contribution in [0, 0.1) is 5.92 Å². The summed E-state index contributed by atoms with van der Waals surface area (Å²) >= 11 is 3.62. The number of ether oxygens (including phenoxy) is 1. The van der Waals surface area contributed by atoms with E-state index in [0.29, 0.717) is 12.0 Å². The van der Waals surface area contributed by atoms with E-state index < -0.39 is 0 Å². The van der Waals surface area contributed by atoms with Crippen LogP contribution in [-0.2, 0) is 6.42 Å². The fourth-order valence-corrected chi connectivity index (χ4v) is 2.35. The number of methoxy groups -OCH3 is 1. The molecule has 102 valence electrons. The van der Waals surface area contributed by atoms with Gasteiger partial charge in [0.25, 0.3) is 0 Å². The SMILES string of the molecule is CCCNC(Cc1cc(OC)ccc1Br)C(C)C. The van der Waals surface area contributed by atoms with Gasteiger partial charge in [-0.25, -0.2) is 0 Å². The first-order valence-corrected chi connectivity index (χ1v) is 7.43. The van der Waals surface area contributed by atoms with Gasteiger partial charge in [0.2, 0.25) is 0 Å². The van der Waals surface area contributed by atoms with Crippen molar-refractivity contribution in [1.82, 2.24) is 5.32 Å². The van der Waals surface area contributed by atoms with Gasteiger partial charge in [-0.05, 0) is 49.1 Å². The van der Waals surface area contributed by atoms with Crippen LogP contribution in [0.3, 0.4) is 0 Å². The minimum Gasteiger partial charge on any atom is -0.497 e. The van der Waals surface area contributed by atoms with Gasteiger partial charge in [-0.2, -0.15) is 0 Å². The van der Waals surface area contributed by atoms with Crippen LogP contribution >= 0.6 is 15.9 Å². The summed E-state index contributed by atoms with van der Waals surface area (Å²) in [6, 6.07) is 6.67. The molecule has 0 bridgehead atoms. The molecule has 0 heterocycles. The lowest BCUT2D eigenvalue weighted by Crippen LogP contribution is -2.36. The van der Waals surface area contributed by atoms with Crippen molar-refractivity contribution >= 4 is 15.9 Å². The van der Waals surface area contributed by atoms with Gasteiger partial charge in [-0.3, -0.25) is 0 Å². The largest absolute Gasteiger partial charge is 0.497 e. The van der Waals surface area contributed by atoms with Crippen LogP contribution in [-0.4, -0.2) is 19.7 Å². The molecule has 1 N–H and O–H groups in total. The van der Waals surface area contributed by atoms with Crippen LogP contribution in [0.1, 0.15) is 32.8 Å². The minimum atomic E-state index is 0.508. The van der Waals surface area contributed by atoms with Crippen molar-refractivity contribution in [3.8, 4) is 5.75 Å². The molecule has 0 fully saturated rings. The second-order valence-corrected chi connectivity index (χ2v) is 5.82. The quantitative estimate of drug-likeness (QED) is 0.820. The number of hydrogen-bond donors (Lipinski definition) is 1. The second-order valence-electron chi connectivity index (χ2n) is 4.97. The summed E-state index contributed by atoms with van der Waals surface area (Å²) in [5.41, 5.74) is 1.30. The maximum Gasteiger partial charge on any atom is 0.119 e. The molecule has 1 aromatic carbocycles. The third-order valence-corrected chi connectivity index (χ3v) is 3.93. The van der Waals surface area contributed by atoms with E-state index in [1.807, 2.05) is 6.07 Å². The van der Waals surface area contributed by atoms with E-state index in [2.05, 4.69) is 54.2 Å². The lowest BCUT2D eigenvalue weighted by Gasteiger charge is -2.23. The topological polar surface area (TPSA) is 21.3 Å². The smallest absolute Gasteiger partial charge is 0.119 e. The molecular weight excluding hydrogens is 290 g/mol. The molecule has 3 heteroatoms. The summed E-state index contributed by atoms with van der Waals surface area (Å²) < 4.78 is 6.45. The Morgan fingerprint density at radius 1 is 1.33 bits per heavy atom. The Morgan fingerprint density at radius 2 is 2.06 bits per heavy atom. The Bertz CT molecular complexity index is 366. The lowest BCUT2D eigenvalue weighted by molar-refractivity contribution is 0.393. The van der Waals surface area contributed by atoms with Gasteiger partial charge in [-0.1, -0.05) is 36.7 Å². The third-order valence-electron chi connectivity index (χ3n) is 3.15. The summed E-state index contributed by atoms with van der Waals surface area (Å²) in [6.07, 6.45) is 2.19. The Hall–Kier alpha value is -0.540.